The number of carbonyl (C=O) groups is 1. The van der Waals surface area contributed by atoms with E-state index in [-0.39, 0.29) is 6.61 Å². The van der Waals surface area contributed by atoms with Crippen molar-refractivity contribution < 1.29 is 19.4 Å². The Hall–Kier alpha value is -1.55. The fourth-order valence-corrected chi connectivity index (χ4v) is 1.44. The smallest absolute Gasteiger partial charge is 0.341 e. The van der Waals surface area contributed by atoms with E-state index in [9.17, 15) is 4.79 Å². The molecule has 1 rings (SSSR count). The molecule has 0 aliphatic carbocycles. The number of hydrogen-bond acceptors (Lipinski definition) is 3. The molecule has 0 radical (unpaired) electrons. The van der Waals surface area contributed by atoms with Gasteiger partial charge in [0.1, 0.15) is 5.75 Å². The molecule has 0 unspecified atom stereocenters. The lowest BCUT2D eigenvalue weighted by atomic mass is 10.1. The van der Waals surface area contributed by atoms with Crippen molar-refractivity contribution in [2.75, 3.05) is 19.8 Å². The molecule has 1 aromatic rings. The van der Waals surface area contributed by atoms with Crippen molar-refractivity contribution in [1.29, 1.82) is 0 Å². The molecule has 0 bridgehead atoms. The predicted molar refractivity (Wildman–Crippen MR) is 69.0 cm³/mol. The number of rotatable bonds is 9. The Morgan fingerprint density at radius 1 is 1.22 bits per heavy atom. The molecule has 4 nitrogen and oxygen atoms in total. The van der Waals surface area contributed by atoms with E-state index in [1.54, 1.807) is 12.1 Å². The lowest BCUT2D eigenvalue weighted by Gasteiger charge is -2.06. The lowest BCUT2D eigenvalue weighted by molar-refractivity contribution is -0.139. The van der Waals surface area contributed by atoms with Crippen LogP contribution in [-0.4, -0.2) is 30.9 Å². The average Bonchev–Trinajstić information content (AvgIpc) is 2.37. The van der Waals surface area contributed by atoms with Gasteiger partial charge in [-0.3, -0.25) is 0 Å². The number of benzene rings is 1. The zero-order chi connectivity index (χ0) is 13.2. The molecule has 0 spiro atoms. The van der Waals surface area contributed by atoms with Crippen LogP contribution in [0.3, 0.4) is 0 Å². The predicted octanol–water partition coefficient (Wildman–Crippen LogP) is 2.51. The molecule has 0 atom stereocenters. The van der Waals surface area contributed by atoms with E-state index in [0.717, 1.165) is 38.0 Å². The van der Waals surface area contributed by atoms with Gasteiger partial charge in [0.2, 0.25) is 0 Å². The summed E-state index contributed by atoms with van der Waals surface area (Å²) in [5.41, 5.74) is 1.16. The van der Waals surface area contributed by atoms with Gasteiger partial charge in [0.05, 0.1) is 6.61 Å². The highest BCUT2D eigenvalue weighted by Gasteiger charge is 1.99. The molecule has 18 heavy (non-hydrogen) atoms. The molecular formula is C14H20O4. The monoisotopic (exact) mass is 252 g/mol. The van der Waals surface area contributed by atoms with Gasteiger partial charge in [0.25, 0.3) is 0 Å². The van der Waals surface area contributed by atoms with Crippen molar-refractivity contribution in [3.8, 4) is 5.75 Å². The van der Waals surface area contributed by atoms with Crippen LogP contribution in [0.5, 0.6) is 5.75 Å². The molecule has 0 saturated heterocycles. The fourth-order valence-electron chi connectivity index (χ4n) is 1.44. The highest BCUT2D eigenvalue weighted by atomic mass is 16.5. The van der Waals surface area contributed by atoms with Gasteiger partial charge in [0.15, 0.2) is 6.61 Å². The minimum atomic E-state index is -0.969. The molecule has 100 valence electrons. The normalized spacial score (nSPS) is 10.3. The van der Waals surface area contributed by atoms with Crippen LogP contribution < -0.4 is 4.74 Å². The summed E-state index contributed by atoms with van der Waals surface area (Å²) in [4.78, 5) is 10.3. The van der Waals surface area contributed by atoms with Gasteiger partial charge in [0, 0.05) is 6.61 Å². The molecule has 1 aromatic carbocycles. The first kappa shape index (κ1) is 14.5. The molecule has 0 heterocycles. The lowest BCUT2D eigenvalue weighted by Crippen LogP contribution is -2.09. The topological polar surface area (TPSA) is 55.8 Å². The van der Waals surface area contributed by atoms with Crippen molar-refractivity contribution in [3.05, 3.63) is 29.8 Å². The van der Waals surface area contributed by atoms with E-state index in [2.05, 4.69) is 6.92 Å². The summed E-state index contributed by atoms with van der Waals surface area (Å²) in [7, 11) is 0. The van der Waals surface area contributed by atoms with E-state index in [1.165, 1.54) is 0 Å². The van der Waals surface area contributed by atoms with E-state index in [0.29, 0.717) is 5.75 Å². The van der Waals surface area contributed by atoms with Crippen molar-refractivity contribution in [2.45, 2.75) is 26.2 Å². The van der Waals surface area contributed by atoms with Gasteiger partial charge in [-0.2, -0.15) is 0 Å². The summed E-state index contributed by atoms with van der Waals surface area (Å²) >= 11 is 0. The molecule has 4 heteroatoms. The summed E-state index contributed by atoms with van der Waals surface area (Å²) in [6, 6.07) is 7.43. The summed E-state index contributed by atoms with van der Waals surface area (Å²) < 4.78 is 10.5. The summed E-state index contributed by atoms with van der Waals surface area (Å²) in [6.45, 7) is 3.37. The Bertz CT molecular complexity index is 345. The number of carboxylic acid groups (broad SMARTS) is 1. The quantitative estimate of drug-likeness (QED) is 0.686. The highest BCUT2D eigenvalue weighted by molar-refractivity contribution is 5.68. The van der Waals surface area contributed by atoms with Gasteiger partial charge in [-0.05, 0) is 30.5 Å². The second-order valence-electron chi connectivity index (χ2n) is 4.04. The molecular weight excluding hydrogens is 232 g/mol. The number of unbranched alkanes of at least 4 members (excludes halogenated alkanes) is 1. The molecule has 1 N–H and O–H groups in total. The second-order valence-corrected chi connectivity index (χ2v) is 4.04. The number of carboxylic acids is 1. The van der Waals surface area contributed by atoms with Crippen molar-refractivity contribution in [1.82, 2.24) is 0 Å². The first-order valence-electron chi connectivity index (χ1n) is 6.23. The van der Waals surface area contributed by atoms with E-state index in [1.807, 2.05) is 12.1 Å². The van der Waals surface area contributed by atoms with Gasteiger partial charge < -0.3 is 14.6 Å². The minimum Gasteiger partial charge on any atom is -0.482 e. The molecule has 0 fully saturated rings. The van der Waals surface area contributed by atoms with E-state index >= 15 is 0 Å². The average molecular weight is 252 g/mol. The number of ether oxygens (including phenoxy) is 2. The number of hydrogen-bond donors (Lipinski definition) is 1. The summed E-state index contributed by atoms with van der Waals surface area (Å²) in [6.07, 6.45) is 3.11. The largest absolute Gasteiger partial charge is 0.482 e. The Balaban J connectivity index is 2.25. The van der Waals surface area contributed by atoms with Crippen LogP contribution in [0, 0.1) is 0 Å². The highest BCUT2D eigenvalue weighted by Crippen LogP contribution is 2.12. The Morgan fingerprint density at radius 3 is 2.56 bits per heavy atom. The Labute approximate surface area is 108 Å². The van der Waals surface area contributed by atoms with Crippen LogP contribution in [-0.2, 0) is 16.0 Å². The van der Waals surface area contributed by atoms with E-state index < -0.39 is 5.97 Å². The molecule has 0 saturated carbocycles. The zero-order valence-electron chi connectivity index (χ0n) is 10.7. The third-order valence-corrected chi connectivity index (χ3v) is 2.46. The maximum Gasteiger partial charge on any atom is 0.341 e. The summed E-state index contributed by atoms with van der Waals surface area (Å²) in [5, 5.41) is 8.47. The first-order valence-corrected chi connectivity index (χ1v) is 6.23. The van der Waals surface area contributed by atoms with Crippen molar-refractivity contribution in [2.24, 2.45) is 0 Å². The van der Waals surface area contributed by atoms with Crippen LogP contribution in [0.2, 0.25) is 0 Å². The van der Waals surface area contributed by atoms with Crippen molar-refractivity contribution in [3.63, 3.8) is 0 Å². The Kier molecular flexibility index (Phi) is 6.87. The second kappa shape index (κ2) is 8.53. The third-order valence-electron chi connectivity index (χ3n) is 2.46. The van der Waals surface area contributed by atoms with Crippen LogP contribution in [0.15, 0.2) is 24.3 Å². The minimum absolute atomic E-state index is 0.306. The van der Waals surface area contributed by atoms with Gasteiger partial charge in [-0.1, -0.05) is 25.5 Å². The van der Waals surface area contributed by atoms with Crippen LogP contribution in [0.25, 0.3) is 0 Å². The maximum atomic E-state index is 10.3. The van der Waals surface area contributed by atoms with Crippen molar-refractivity contribution >= 4 is 5.97 Å². The van der Waals surface area contributed by atoms with Gasteiger partial charge >= 0.3 is 5.97 Å². The van der Waals surface area contributed by atoms with E-state index in [4.69, 9.17) is 14.6 Å². The van der Waals surface area contributed by atoms with Crippen LogP contribution in [0.1, 0.15) is 25.3 Å². The van der Waals surface area contributed by atoms with Crippen LogP contribution in [0.4, 0.5) is 0 Å². The first-order chi connectivity index (χ1) is 8.72. The van der Waals surface area contributed by atoms with Gasteiger partial charge in [-0.25, -0.2) is 4.79 Å². The molecule has 0 aliphatic rings. The third kappa shape index (κ3) is 6.25. The molecule has 0 amide bonds. The zero-order valence-corrected chi connectivity index (χ0v) is 10.7. The van der Waals surface area contributed by atoms with Gasteiger partial charge in [-0.15, -0.1) is 0 Å². The molecule has 0 aliphatic heterocycles. The Morgan fingerprint density at radius 2 is 1.94 bits per heavy atom. The number of aliphatic carboxylic acids is 1. The molecule has 0 aromatic heterocycles. The SMILES string of the molecule is CCCCOCCc1ccc(OCC(=O)O)cc1. The maximum absolute atomic E-state index is 10.3. The summed E-state index contributed by atoms with van der Waals surface area (Å²) in [5.74, 6) is -0.392. The fraction of sp³-hybridized carbons (Fsp3) is 0.500. The standard InChI is InChI=1S/C14H20O4/c1-2-3-9-17-10-8-12-4-6-13(7-5-12)18-11-14(15)16/h4-7H,2-3,8-11H2,1H3,(H,15,16). The van der Waals surface area contributed by atoms with Crippen LogP contribution >= 0.6 is 0 Å².